The number of pyridine rings is 1. The van der Waals surface area contributed by atoms with Crippen LogP contribution in [-0.4, -0.2) is 60.9 Å². The fraction of sp³-hybridized carbons (Fsp3) is 0.600. The summed E-state index contributed by atoms with van der Waals surface area (Å²) in [4.78, 5) is 18.2. The minimum absolute atomic E-state index is 0.0225. The number of amides is 1. The minimum atomic E-state index is -0.0819. The summed E-state index contributed by atoms with van der Waals surface area (Å²) < 4.78 is 16.7. The van der Waals surface area contributed by atoms with Gasteiger partial charge in [0.15, 0.2) is 0 Å². The number of fused-ring (bicyclic) bond motifs is 1. The summed E-state index contributed by atoms with van der Waals surface area (Å²) in [6.45, 7) is 1.29. The average molecular weight is 292 g/mol. The Kier molecular flexibility index (Phi) is 4.36. The van der Waals surface area contributed by atoms with Crippen LogP contribution in [-0.2, 0) is 14.3 Å². The van der Waals surface area contributed by atoms with Crippen LogP contribution in [0.1, 0.15) is 12.8 Å². The van der Waals surface area contributed by atoms with E-state index in [0.29, 0.717) is 19.0 Å². The van der Waals surface area contributed by atoms with E-state index < -0.39 is 0 Å². The molecule has 114 valence electrons. The van der Waals surface area contributed by atoms with Gasteiger partial charge < -0.3 is 19.1 Å². The Balaban J connectivity index is 1.67. The first-order valence-corrected chi connectivity index (χ1v) is 7.27. The van der Waals surface area contributed by atoms with E-state index >= 15 is 0 Å². The predicted octanol–water partition coefficient (Wildman–Crippen LogP) is 0.865. The number of nitrogens with zero attached hydrogens (tertiary/aromatic N) is 2. The number of morpholine rings is 1. The second-order valence-corrected chi connectivity index (χ2v) is 5.32. The lowest BCUT2D eigenvalue weighted by molar-refractivity contribution is -0.151. The molecule has 3 rings (SSSR count). The molecule has 3 atom stereocenters. The molecule has 0 aromatic carbocycles. The summed E-state index contributed by atoms with van der Waals surface area (Å²) in [5, 5.41) is 0. The molecule has 0 N–H and O–H groups in total. The topological polar surface area (TPSA) is 60.9 Å². The molecular formula is C15H20N2O4. The van der Waals surface area contributed by atoms with Crippen molar-refractivity contribution in [1.29, 1.82) is 0 Å². The Morgan fingerprint density at radius 2 is 2.38 bits per heavy atom. The SMILES string of the molecule is COCC(=O)N1CCO[C@@H]2[C@@H](Oc3ccccn3)CC[C@H]21. The molecule has 1 saturated carbocycles. The van der Waals surface area contributed by atoms with E-state index in [-0.39, 0.29) is 30.8 Å². The molecule has 1 amide bonds. The molecule has 0 spiro atoms. The Labute approximate surface area is 124 Å². The minimum Gasteiger partial charge on any atom is -0.471 e. The monoisotopic (exact) mass is 292 g/mol. The van der Waals surface area contributed by atoms with Crippen LogP contribution in [0, 0.1) is 0 Å². The maximum absolute atomic E-state index is 12.1. The molecule has 1 saturated heterocycles. The van der Waals surface area contributed by atoms with Crippen LogP contribution in [0.2, 0.25) is 0 Å². The van der Waals surface area contributed by atoms with Crippen LogP contribution < -0.4 is 4.74 Å². The van der Waals surface area contributed by atoms with Crippen molar-refractivity contribution in [2.75, 3.05) is 26.9 Å². The highest BCUT2D eigenvalue weighted by Crippen LogP contribution is 2.32. The highest BCUT2D eigenvalue weighted by Gasteiger charge is 2.45. The van der Waals surface area contributed by atoms with Gasteiger partial charge >= 0.3 is 0 Å². The predicted molar refractivity (Wildman–Crippen MR) is 75.0 cm³/mol. The zero-order chi connectivity index (χ0) is 14.7. The van der Waals surface area contributed by atoms with Gasteiger partial charge in [-0.1, -0.05) is 6.07 Å². The molecule has 2 heterocycles. The molecule has 21 heavy (non-hydrogen) atoms. The largest absolute Gasteiger partial charge is 0.471 e. The van der Waals surface area contributed by atoms with Crippen molar-refractivity contribution < 1.29 is 19.0 Å². The lowest BCUT2D eigenvalue weighted by Gasteiger charge is -2.38. The second kappa shape index (κ2) is 6.41. The Morgan fingerprint density at radius 1 is 1.48 bits per heavy atom. The molecule has 2 aliphatic rings. The highest BCUT2D eigenvalue weighted by molar-refractivity contribution is 5.78. The fourth-order valence-electron chi connectivity index (χ4n) is 3.13. The van der Waals surface area contributed by atoms with Crippen molar-refractivity contribution in [1.82, 2.24) is 9.88 Å². The van der Waals surface area contributed by atoms with Gasteiger partial charge in [-0.15, -0.1) is 0 Å². The molecule has 1 aliphatic carbocycles. The van der Waals surface area contributed by atoms with Gasteiger partial charge in [0.25, 0.3) is 0 Å². The average Bonchev–Trinajstić information content (AvgIpc) is 2.92. The summed E-state index contributed by atoms with van der Waals surface area (Å²) in [6, 6.07) is 5.66. The summed E-state index contributed by atoms with van der Waals surface area (Å²) in [5.74, 6) is 0.626. The van der Waals surface area contributed by atoms with E-state index in [1.165, 1.54) is 7.11 Å². The van der Waals surface area contributed by atoms with Gasteiger partial charge in [-0.05, 0) is 18.9 Å². The summed E-state index contributed by atoms with van der Waals surface area (Å²) in [6.07, 6.45) is 3.32. The molecule has 6 heteroatoms. The molecule has 1 aromatic heterocycles. The van der Waals surface area contributed by atoms with Crippen LogP contribution in [0.25, 0.3) is 0 Å². The first-order chi connectivity index (χ1) is 10.3. The van der Waals surface area contributed by atoms with Crippen molar-refractivity contribution >= 4 is 5.91 Å². The first-order valence-electron chi connectivity index (χ1n) is 7.27. The number of ether oxygens (including phenoxy) is 3. The van der Waals surface area contributed by atoms with Crippen LogP contribution in [0.3, 0.4) is 0 Å². The number of hydrogen-bond donors (Lipinski definition) is 0. The highest BCUT2D eigenvalue weighted by atomic mass is 16.5. The van der Waals surface area contributed by atoms with E-state index in [4.69, 9.17) is 14.2 Å². The third-order valence-electron chi connectivity index (χ3n) is 4.03. The Bertz CT molecular complexity index is 482. The van der Waals surface area contributed by atoms with Crippen molar-refractivity contribution in [3.05, 3.63) is 24.4 Å². The quantitative estimate of drug-likeness (QED) is 0.824. The van der Waals surface area contributed by atoms with Crippen LogP contribution >= 0.6 is 0 Å². The third-order valence-corrected chi connectivity index (χ3v) is 4.03. The first kappa shape index (κ1) is 14.3. The zero-order valence-corrected chi connectivity index (χ0v) is 12.1. The Morgan fingerprint density at radius 3 is 3.14 bits per heavy atom. The number of hydrogen-bond acceptors (Lipinski definition) is 5. The number of carbonyl (C=O) groups excluding carboxylic acids is 1. The number of methoxy groups -OCH3 is 1. The van der Waals surface area contributed by atoms with Gasteiger partial charge in [-0.25, -0.2) is 4.98 Å². The van der Waals surface area contributed by atoms with Gasteiger partial charge in [0, 0.05) is 25.9 Å². The van der Waals surface area contributed by atoms with Crippen LogP contribution in [0.15, 0.2) is 24.4 Å². The molecule has 0 bridgehead atoms. The van der Waals surface area contributed by atoms with E-state index in [9.17, 15) is 4.79 Å². The molecule has 1 aliphatic heterocycles. The smallest absolute Gasteiger partial charge is 0.248 e. The molecular weight excluding hydrogens is 272 g/mol. The molecule has 1 aromatic rings. The maximum atomic E-state index is 12.1. The van der Waals surface area contributed by atoms with Crippen molar-refractivity contribution in [3.63, 3.8) is 0 Å². The molecule has 0 radical (unpaired) electrons. The summed E-state index contributed by atoms with van der Waals surface area (Å²) in [7, 11) is 1.54. The van der Waals surface area contributed by atoms with Gasteiger partial charge in [-0.2, -0.15) is 0 Å². The van der Waals surface area contributed by atoms with E-state index in [1.807, 2.05) is 23.1 Å². The van der Waals surface area contributed by atoms with E-state index in [2.05, 4.69) is 4.98 Å². The molecule has 0 unspecified atom stereocenters. The summed E-state index contributed by atoms with van der Waals surface area (Å²) >= 11 is 0. The Hall–Kier alpha value is -1.66. The standard InChI is InChI=1S/C15H20N2O4/c1-19-10-14(18)17-8-9-20-15-11(17)5-6-12(15)21-13-4-2-3-7-16-13/h2-4,7,11-12,15H,5-6,8-10H2,1H3/t11-,12+,15+/m1/s1. The third kappa shape index (κ3) is 3.01. The lowest BCUT2D eigenvalue weighted by Crippen LogP contribution is -2.55. The maximum Gasteiger partial charge on any atom is 0.248 e. The molecule has 6 nitrogen and oxygen atoms in total. The van der Waals surface area contributed by atoms with Gasteiger partial charge in [0.1, 0.15) is 18.8 Å². The van der Waals surface area contributed by atoms with Crippen molar-refractivity contribution in [2.45, 2.75) is 31.1 Å². The molecule has 2 fully saturated rings. The fourth-order valence-corrected chi connectivity index (χ4v) is 3.13. The number of aromatic nitrogens is 1. The zero-order valence-electron chi connectivity index (χ0n) is 12.1. The van der Waals surface area contributed by atoms with E-state index in [1.54, 1.807) is 6.20 Å². The number of rotatable bonds is 4. The van der Waals surface area contributed by atoms with Gasteiger partial charge in [-0.3, -0.25) is 4.79 Å². The normalized spacial score (nSPS) is 28.2. The lowest BCUT2D eigenvalue weighted by atomic mass is 10.1. The second-order valence-electron chi connectivity index (χ2n) is 5.32. The van der Waals surface area contributed by atoms with Gasteiger partial charge in [0.2, 0.25) is 11.8 Å². The van der Waals surface area contributed by atoms with Crippen LogP contribution in [0.4, 0.5) is 0 Å². The summed E-state index contributed by atoms with van der Waals surface area (Å²) in [5.41, 5.74) is 0. The van der Waals surface area contributed by atoms with E-state index in [0.717, 1.165) is 12.8 Å². The number of carbonyl (C=O) groups is 1. The van der Waals surface area contributed by atoms with Crippen LogP contribution in [0.5, 0.6) is 5.88 Å². The van der Waals surface area contributed by atoms with Crippen molar-refractivity contribution in [2.24, 2.45) is 0 Å². The van der Waals surface area contributed by atoms with Crippen molar-refractivity contribution in [3.8, 4) is 5.88 Å². The van der Waals surface area contributed by atoms with Gasteiger partial charge in [0.05, 0.1) is 12.6 Å².